The van der Waals surface area contributed by atoms with Gasteiger partial charge < -0.3 is 4.74 Å². The monoisotopic (exact) mass is 386 g/mol. The van der Waals surface area contributed by atoms with Crippen molar-refractivity contribution in [1.29, 1.82) is 0 Å². The molecule has 0 radical (unpaired) electrons. The first-order valence-corrected chi connectivity index (χ1v) is 10.0. The second kappa shape index (κ2) is 6.04. The van der Waals surface area contributed by atoms with Gasteiger partial charge in [0.1, 0.15) is 5.75 Å². The zero-order chi connectivity index (χ0) is 20.4. The molecule has 0 aromatic heterocycles. The summed E-state index contributed by atoms with van der Waals surface area (Å²) in [4.78, 5) is 12.4. The number of hydrogen-bond donors (Lipinski definition) is 0. The van der Waals surface area contributed by atoms with Crippen molar-refractivity contribution in [2.24, 2.45) is 0 Å². The lowest BCUT2D eigenvalue weighted by atomic mass is 9.90. The lowest BCUT2D eigenvalue weighted by Gasteiger charge is -2.16. The van der Waals surface area contributed by atoms with Crippen molar-refractivity contribution >= 4 is 38.3 Å². The van der Waals surface area contributed by atoms with Crippen LogP contribution in [0.2, 0.25) is 0 Å². The van der Waals surface area contributed by atoms with Crippen molar-refractivity contribution in [3.63, 3.8) is 0 Å². The van der Waals surface area contributed by atoms with Gasteiger partial charge in [0, 0.05) is 16.5 Å². The first kappa shape index (κ1) is 17.0. The van der Waals surface area contributed by atoms with Crippen LogP contribution in [0.25, 0.3) is 54.6 Å². The first-order valence-electron chi connectivity index (χ1n) is 10.0. The molecule has 6 rings (SSSR count). The maximum absolute atomic E-state index is 12.4. The van der Waals surface area contributed by atoms with Crippen LogP contribution < -0.4 is 4.74 Å². The average Bonchev–Trinajstić information content (AvgIpc) is 3.11. The maximum atomic E-state index is 12.4. The zero-order valence-electron chi connectivity index (χ0n) is 16.5. The first-order chi connectivity index (χ1) is 14.6. The number of ether oxygens (including phenoxy) is 1. The second-order valence-corrected chi connectivity index (χ2v) is 7.85. The largest absolute Gasteiger partial charge is 0.423 e. The minimum atomic E-state index is -0.405. The van der Waals surface area contributed by atoms with Crippen LogP contribution in [0, 0.1) is 0 Å². The van der Waals surface area contributed by atoms with E-state index >= 15 is 0 Å². The minimum Gasteiger partial charge on any atom is -0.423 e. The molecular weight excluding hydrogens is 368 g/mol. The molecule has 5 aromatic rings. The zero-order valence-corrected chi connectivity index (χ0v) is 16.5. The van der Waals surface area contributed by atoms with Gasteiger partial charge in [-0.1, -0.05) is 79.4 Å². The molecule has 2 heteroatoms. The summed E-state index contributed by atoms with van der Waals surface area (Å²) in [6.45, 7) is 5.41. The van der Waals surface area contributed by atoms with E-state index in [0.29, 0.717) is 11.3 Å². The second-order valence-electron chi connectivity index (χ2n) is 7.85. The smallest absolute Gasteiger partial charge is 0.338 e. The molecule has 0 saturated carbocycles. The highest BCUT2D eigenvalue weighted by atomic mass is 16.5. The van der Waals surface area contributed by atoms with Gasteiger partial charge in [-0.2, -0.15) is 0 Å². The van der Waals surface area contributed by atoms with Crippen molar-refractivity contribution in [3.05, 3.63) is 91.0 Å². The van der Waals surface area contributed by atoms with Crippen LogP contribution in [0.15, 0.2) is 91.0 Å². The fourth-order valence-electron chi connectivity index (χ4n) is 4.79. The van der Waals surface area contributed by atoms with Crippen LogP contribution in [-0.2, 0) is 4.79 Å². The molecule has 0 unspecified atom stereocenters. The highest BCUT2D eigenvalue weighted by Gasteiger charge is 2.28. The molecule has 0 spiro atoms. The predicted molar refractivity (Wildman–Crippen MR) is 124 cm³/mol. The van der Waals surface area contributed by atoms with Gasteiger partial charge in [-0.3, -0.25) is 0 Å². The molecule has 0 amide bonds. The van der Waals surface area contributed by atoms with Gasteiger partial charge in [0.05, 0.1) is 0 Å². The minimum absolute atomic E-state index is 0.384. The molecule has 1 aliphatic rings. The molecule has 2 nitrogen and oxygen atoms in total. The van der Waals surface area contributed by atoms with Gasteiger partial charge in [-0.15, -0.1) is 0 Å². The fourth-order valence-corrected chi connectivity index (χ4v) is 4.79. The Morgan fingerprint density at radius 3 is 2.07 bits per heavy atom. The average molecular weight is 386 g/mol. The van der Waals surface area contributed by atoms with Crippen molar-refractivity contribution < 1.29 is 9.53 Å². The van der Waals surface area contributed by atoms with Gasteiger partial charge in [0.2, 0.25) is 0 Å². The number of benzene rings is 5. The molecule has 0 bridgehead atoms. The Labute approximate surface area is 174 Å². The molecule has 30 heavy (non-hydrogen) atoms. The SMILES string of the molecule is C=C(C)C(=O)Oc1cccc2c1c1c(c3ccccc32)-c2cccc3cccc-1c23. The van der Waals surface area contributed by atoms with E-state index in [-0.39, 0.29) is 0 Å². The third-order valence-corrected chi connectivity index (χ3v) is 6.01. The third-order valence-electron chi connectivity index (χ3n) is 6.01. The summed E-state index contributed by atoms with van der Waals surface area (Å²) in [6, 6.07) is 27.3. The summed E-state index contributed by atoms with van der Waals surface area (Å²) < 4.78 is 5.82. The van der Waals surface area contributed by atoms with Crippen LogP contribution in [0.4, 0.5) is 0 Å². The number of hydrogen-bond acceptors (Lipinski definition) is 2. The molecule has 5 aromatic carbocycles. The maximum Gasteiger partial charge on any atom is 0.338 e. The van der Waals surface area contributed by atoms with Crippen molar-refractivity contribution in [3.8, 4) is 28.0 Å². The standard InChI is InChI=1S/C28H18O2/c1-16(2)28(29)30-23-15-7-12-20-18-10-3-4-11-19(18)25-21-13-5-8-17-9-6-14-22(24(17)21)27(25)26(20)23/h3-15H,1H2,2H3. The highest BCUT2D eigenvalue weighted by molar-refractivity contribution is 6.31. The van der Waals surface area contributed by atoms with E-state index in [1.54, 1.807) is 6.92 Å². The lowest BCUT2D eigenvalue weighted by molar-refractivity contribution is -0.129. The molecule has 1 aliphatic carbocycles. The van der Waals surface area contributed by atoms with Crippen LogP contribution in [0.1, 0.15) is 6.92 Å². The van der Waals surface area contributed by atoms with Crippen LogP contribution in [0.5, 0.6) is 5.75 Å². The van der Waals surface area contributed by atoms with E-state index in [1.807, 2.05) is 12.1 Å². The van der Waals surface area contributed by atoms with E-state index < -0.39 is 5.97 Å². The molecule has 0 fully saturated rings. The third kappa shape index (κ3) is 2.16. The molecule has 142 valence electrons. The van der Waals surface area contributed by atoms with Gasteiger partial charge in [-0.05, 0) is 56.6 Å². The molecule has 0 N–H and O–H groups in total. The van der Waals surface area contributed by atoms with E-state index in [9.17, 15) is 4.79 Å². The van der Waals surface area contributed by atoms with Gasteiger partial charge in [0.15, 0.2) is 0 Å². The predicted octanol–water partition coefficient (Wildman–Crippen LogP) is 7.28. The van der Waals surface area contributed by atoms with Crippen LogP contribution >= 0.6 is 0 Å². The highest BCUT2D eigenvalue weighted by Crippen LogP contribution is 2.55. The summed E-state index contributed by atoms with van der Waals surface area (Å²) in [5.74, 6) is 0.172. The Bertz CT molecular complexity index is 1550. The molecule has 0 aliphatic heterocycles. The molecule has 0 atom stereocenters. The Balaban J connectivity index is 1.85. The number of esters is 1. The molecule has 0 saturated heterocycles. The Morgan fingerprint density at radius 1 is 0.700 bits per heavy atom. The van der Waals surface area contributed by atoms with E-state index in [4.69, 9.17) is 4.74 Å². The Morgan fingerprint density at radius 2 is 1.33 bits per heavy atom. The van der Waals surface area contributed by atoms with E-state index in [0.717, 1.165) is 21.7 Å². The summed E-state index contributed by atoms with van der Waals surface area (Å²) in [6.07, 6.45) is 0. The van der Waals surface area contributed by atoms with Gasteiger partial charge in [0.25, 0.3) is 0 Å². The van der Waals surface area contributed by atoms with Crippen molar-refractivity contribution in [2.75, 3.05) is 0 Å². The van der Waals surface area contributed by atoms with Gasteiger partial charge in [-0.25, -0.2) is 4.79 Å². The molecular formula is C28H18O2. The quantitative estimate of drug-likeness (QED) is 0.135. The summed E-state index contributed by atoms with van der Waals surface area (Å²) in [5.41, 5.74) is 5.16. The summed E-state index contributed by atoms with van der Waals surface area (Å²) in [5, 5.41) is 6.91. The van der Waals surface area contributed by atoms with Crippen molar-refractivity contribution in [2.45, 2.75) is 6.92 Å². The van der Waals surface area contributed by atoms with Crippen LogP contribution in [-0.4, -0.2) is 5.97 Å². The van der Waals surface area contributed by atoms with Crippen LogP contribution in [0.3, 0.4) is 0 Å². The van der Waals surface area contributed by atoms with Gasteiger partial charge >= 0.3 is 5.97 Å². The number of fused-ring (bicyclic) bond motifs is 8. The Kier molecular flexibility index (Phi) is 3.42. The lowest BCUT2D eigenvalue weighted by Crippen LogP contribution is -2.08. The number of rotatable bonds is 2. The van der Waals surface area contributed by atoms with Crippen molar-refractivity contribution in [1.82, 2.24) is 0 Å². The number of carbonyl (C=O) groups excluding carboxylic acids is 1. The molecule has 0 heterocycles. The topological polar surface area (TPSA) is 26.3 Å². The summed E-state index contributed by atoms with van der Waals surface area (Å²) in [7, 11) is 0. The van der Waals surface area contributed by atoms with E-state index in [1.165, 1.54) is 32.8 Å². The fraction of sp³-hybridized carbons (Fsp3) is 0.0357. The normalized spacial score (nSPS) is 11.8. The summed E-state index contributed by atoms with van der Waals surface area (Å²) >= 11 is 0. The number of carbonyl (C=O) groups is 1. The Hall–Kier alpha value is -3.91. The van der Waals surface area contributed by atoms with E-state index in [2.05, 4.69) is 73.3 Å².